The van der Waals surface area contributed by atoms with E-state index in [1.54, 1.807) is 0 Å². The van der Waals surface area contributed by atoms with Crippen LogP contribution >= 0.6 is 0 Å². The lowest BCUT2D eigenvalue weighted by Crippen LogP contribution is -2.30. The molecule has 0 rings (SSSR count). The summed E-state index contributed by atoms with van der Waals surface area (Å²) in [6.07, 6.45) is -1.09. The standard InChI is InChI=1S/C8H16N2O4/c1-14-8(13)6(11)2-3-7(12)10-5-4-9/h6,11H,2-5,9H2,1H3,(H,10,12). The zero-order valence-electron chi connectivity index (χ0n) is 8.16. The van der Waals surface area contributed by atoms with Gasteiger partial charge in [0.05, 0.1) is 7.11 Å². The molecular weight excluding hydrogens is 188 g/mol. The summed E-state index contributed by atoms with van der Waals surface area (Å²) in [5, 5.41) is 11.6. The van der Waals surface area contributed by atoms with Gasteiger partial charge in [0, 0.05) is 19.5 Å². The van der Waals surface area contributed by atoms with Gasteiger partial charge in [-0.15, -0.1) is 0 Å². The molecule has 0 radical (unpaired) electrons. The van der Waals surface area contributed by atoms with Crippen molar-refractivity contribution in [3.8, 4) is 0 Å². The maximum atomic E-state index is 11.0. The van der Waals surface area contributed by atoms with Gasteiger partial charge >= 0.3 is 5.97 Å². The maximum absolute atomic E-state index is 11.0. The van der Waals surface area contributed by atoms with E-state index in [-0.39, 0.29) is 18.7 Å². The molecular formula is C8H16N2O4. The highest BCUT2D eigenvalue weighted by atomic mass is 16.5. The quantitative estimate of drug-likeness (QED) is 0.451. The number of nitrogens with one attached hydrogen (secondary N) is 1. The SMILES string of the molecule is COC(=O)C(O)CCC(=O)NCCN. The molecule has 0 aromatic rings. The van der Waals surface area contributed by atoms with Gasteiger partial charge in [0.1, 0.15) is 0 Å². The summed E-state index contributed by atoms with van der Waals surface area (Å²) in [5.74, 6) is -0.963. The average Bonchev–Trinajstić information content (AvgIpc) is 2.21. The number of carbonyl (C=O) groups is 2. The first-order valence-electron chi connectivity index (χ1n) is 4.34. The summed E-state index contributed by atoms with van der Waals surface area (Å²) in [5.41, 5.74) is 5.16. The molecule has 0 aliphatic carbocycles. The van der Waals surface area contributed by atoms with Crippen LogP contribution in [0, 0.1) is 0 Å². The number of aliphatic hydroxyl groups excluding tert-OH is 1. The predicted molar refractivity (Wildman–Crippen MR) is 49.3 cm³/mol. The van der Waals surface area contributed by atoms with E-state index in [0.717, 1.165) is 0 Å². The van der Waals surface area contributed by atoms with E-state index in [1.165, 1.54) is 7.11 Å². The van der Waals surface area contributed by atoms with E-state index >= 15 is 0 Å². The van der Waals surface area contributed by atoms with E-state index in [4.69, 9.17) is 10.8 Å². The van der Waals surface area contributed by atoms with Gasteiger partial charge < -0.3 is 20.9 Å². The van der Waals surface area contributed by atoms with E-state index in [0.29, 0.717) is 13.1 Å². The van der Waals surface area contributed by atoms with Crippen molar-refractivity contribution in [1.29, 1.82) is 0 Å². The molecule has 0 saturated carbocycles. The Bertz CT molecular complexity index is 196. The molecule has 4 N–H and O–H groups in total. The minimum Gasteiger partial charge on any atom is -0.467 e. The molecule has 0 fully saturated rings. The monoisotopic (exact) mass is 204 g/mol. The third-order valence-electron chi connectivity index (χ3n) is 1.58. The molecule has 0 saturated heterocycles. The Labute approximate surface area is 82.4 Å². The van der Waals surface area contributed by atoms with Crippen molar-refractivity contribution in [3.05, 3.63) is 0 Å². The lowest BCUT2D eigenvalue weighted by molar-refractivity contribution is -0.150. The zero-order valence-corrected chi connectivity index (χ0v) is 8.16. The molecule has 0 aliphatic heterocycles. The van der Waals surface area contributed by atoms with Gasteiger partial charge in [0.15, 0.2) is 6.10 Å². The molecule has 14 heavy (non-hydrogen) atoms. The van der Waals surface area contributed by atoms with Crippen LogP contribution in [-0.2, 0) is 14.3 Å². The van der Waals surface area contributed by atoms with Gasteiger partial charge in [-0.05, 0) is 6.42 Å². The average molecular weight is 204 g/mol. The summed E-state index contributed by atoms with van der Waals surface area (Å²) in [6, 6.07) is 0. The van der Waals surface area contributed by atoms with Crippen LogP contribution in [0.3, 0.4) is 0 Å². The number of nitrogens with two attached hydrogens (primary N) is 1. The Kier molecular flexibility index (Phi) is 6.69. The number of hydrogen-bond acceptors (Lipinski definition) is 5. The molecule has 0 bridgehead atoms. The van der Waals surface area contributed by atoms with Crippen molar-refractivity contribution in [2.45, 2.75) is 18.9 Å². The fraction of sp³-hybridized carbons (Fsp3) is 0.750. The van der Waals surface area contributed by atoms with E-state index in [1.807, 2.05) is 0 Å². The Hall–Kier alpha value is -1.14. The molecule has 0 aliphatic rings. The van der Waals surface area contributed by atoms with Crippen molar-refractivity contribution in [2.24, 2.45) is 5.73 Å². The van der Waals surface area contributed by atoms with Crippen molar-refractivity contribution in [1.82, 2.24) is 5.32 Å². The van der Waals surface area contributed by atoms with Crippen LogP contribution in [0.2, 0.25) is 0 Å². The van der Waals surface area contributed by atoms with Gasteiger partial charge in [0.2, 0.25) is 5.91 Å². The van der Waals surface area contributed by atoms with Crippen molar-refractivity contribution in [3.63, 3.8) is 0 Å². The Balaban J connectivity index is 3.60. The fourth-order valence-corrected chi connectivity index (χ4v) is 0.822. The van der Waals surface area contributed by atoms with Gasteiger partial charge in [-0.3, -0.25) is 4.79 Å². The first-order valence-corrected chi connectivity index (χ1v) is 4.34. The van der Waals surface area contributed by atoms with E-state index < -0.39 is 12.1 Å². The minimum atomic E-state index is -1.23. The molecule has 0 heterocycles. The van der Waals surface area contributed by atoms with Gasteiger partial charge in [-0.2, -0.15) is 0 Å². The Morgan fingerprint density at radius 2 is 2.21 bits per heavy atom. The predicted octanol–water partition coefficient (Wildman–Crippen LogP) is -1.62. The fourth-order valence-electron chi connectivity index (χ4n) is 0.822. The number of hydrogen-bond donors (Lipinski definition) is 3. The summed E-state index contributed by atoms with van der Waals surface area (Å²) in [4.78, 5) is 21.7. The lowest BCUT2D eigenvalue weighted by atomic mass is 10.2. The second-order valence-electron chi connectivity index (χ2n) is 2.72. The minimum absolute atomic E-state index is 0.0586. The number of rotatable bonds is 6. The number of ether oxygens (including phenoxy) is 1. The lowest BCUT2D eigenvalue weighted by Gasteiger charge is -2.07. The summed E-state index contributed by atoms with van der Waals surface area (Å²) >= 11 is 0. The summed E-state index contributed by atoms with van der Waals surface area (Å²) in [6.45, 7) is 0.762. The first-order chi connectivity index (χ1) is 6.61. The molecule has 1 atom stereocenters. The van der Waals surface area contributed by atoms with Gasteiger partial charge in [-0.25, -0.2) is 4.79 Å². The molecule has 1 unspecified atom stereocenters. The normalized spacial score (nSPS) is 11.9. The largest absolute Gasteiger partial charge is 0.467 e. The van der Waals surface area contributed by atoms with Crippen LogP contribution in [0.25, 0.3) is 0 Å². The number of esters is 1. The molecule has 6 heteroatoms. The molecule has 1 amide bonds. The molecule has 82 valence electrons. The van der Waals surface area contributed by atoms with Crippen LogP contribution in [0.5, 0.6) is 0 Å². The molecule has 0 aromatic carbocycles. The van der Waals surface area contributed by atoms with E-state index in [2.05, 4.69) is 10.1 Å². The molecule has 0 aromatic heterocycles. The first kappa shape index (κ1) is 12.9. The van der Waals surface area contributed by atoms with Crippen LogP contribution in [0.4, 0.5) is 0 Å². The molecule has 6 nitrogen and oxygen atoms in total. The van der Waals surface area contributed by atoms with Crippen LogP contribution in [0.15, 0.2) is 0 Å². The van der Waals surface area contributed by atoms with Crippen LogP contribution in [0.1, 0.15) is 12.8 Å². The smallest absolute Gasteiger partial charge is 0.334 e. The number of carbonyl (C=O) groups excluding carboxylic acids is 2. The van der Waals surface area contributed by atoms with Crippen molar-refractivity contribution < 1.29 is 19.4 Å². The van der Waals surface area contributed by atoms with Gasteiger partial charge in [0.25, 0.3) is 0 Å². The van der Waals surface area contributed by atoms with E-state index in [9.17, 15) is 9.59 Å². The summed E-state index contributed by atoms with van der Waals surface area (Å²) in [7, 11) is 1.18. The molecule has 0 spiro atoms. The zero-order chi connectivity index (χ0) is 11.0. The third kappa shape index (κ3) is 5.50. The maximum Gasteiger partial charge on any atom is 0.334 e. The second-order valence-corrected chi connectivity index (χ2v) is 2.72. The highest BCUT2D eigenvalue weighted by Crippen LogP contribution is 1.98. The summed E-state index contributed by atoms with van der Waals surface area (Å²) < 4.78 is 4.28. The highest BCUT2D eigenvalue weighted by Gasteiger charge is 2.16. The van der Waals surface area contributed by atoms with Crippen LogP contribution < -0.4 is 11.1 Å². The number of aliphatic hydroxyl groups is 1. The van der Waals surface area contributed by atoms with Gasteiger partial charge in [-0.1, -0.05) is 0 Å². The second kappa shape index (κ2) is 7.28. The topological polar surface area (TPSA) is 102 Å². The highest BCUT2D eigenvalue weighted by molar-refractivity contribution is 5.78. The van der Waals surface area contributed by atoms with Crippen molar-refractivity contribution in [2.75, 3.05) is 20.2 Å². The number of methoxy groups -OCH3 is 1. The van der Waals surface area contributed by atoms with Crippen LogP contribution in [-0.4, -0.2) is 43.3 Å². The Morgan fingerprint density at radius 3 is 2.71 bits per heavy atom. The Morgan fingerprint density at radius 1 is 1.57 bits per heavy atom. The number of amides is 1. The van der Waals surface area contributed by atoms with Crippen molar-refractivity contribution >= 4 is 11.9 Å². The third-order valence-corrected chi connectivity index (χ3v) is 1.58.